The van der Waals surface area contributed by atoms with Gasteiger partial charge in [0.2, 0.25) is 0 Å². The van der Waals surface area contributed by atoms with E-state index >= 15 is 0 Å². The molecule has 0 unspecified atom stereocenters. The van der Waals surface area contributed by atoms with Gasteiger partial charge in [0.1, 0.15) is 0 Å². The van der Waals surface area contributed by atoms with Crippen LogP contribution in [0, 0.1) is 6.92 Å². The molecular weight excluding hydrogens is 274 g/mol. The van der Waals surface area contributed by atoms with E-state index in [9.17, 15) is 4.79 Å². The predicted octanol–water partition coefficient (Wildman–Crippen LogP) is 3.57. The Morgan fingerprint density at radius 1 is 1.30 bits per heavy atom. The Morgan fingerprint density at radius 3 is 2.75 bits per heavy atom. The molecular formula is C15H14ClN3O. The normalized spacial score (nSPS) is 14.1. The Kier molecular flexibility index (Phi) is 3.40. The van der Waals surface area contributed by atoms with E-state index in [-0.39, 0.29) is 11.1 Å². The van der Waals surface area contributed by atoms with Crippen molar-refractivity contribution >= 4 is 23.2 Å². The number of rotatable bonds is 3. The SMILES string of the molecule is Cc1cnc(Cl)c(NC(=O)c2ccc(C3CC3)nc2)c1. The Hall–Kier alpha value is -1.94. The molecule has 1 saturated carbocycles. The third-order valence-electron chi connectivity index (χ3n) is 3.27. The Morgan fingerprint density at radius 2 is 2.10 bits per heavy atom. The zero-order chi connectivity index (χ0) is 14.1. The molecule has 2 aromatic heterocycles. The molecule has 1 aliphatic carbocycles. The predicted molar refractivity (Wildman–Crippen MR) is 78.1 cm³/mol. The number of nitrogens with zero attached hydrogens (tertiary/aromatic N) is 2. The second-order valence-corrected chi connectivity index (χ2v) is 5.41. The summed E-state index contributed by atoms with van der Waals surface area (Å²) in [5, 5.41) is 3.04. The van der Waals surface area contributed by atoms with Crippen LogP contribution in [0.15, 0.2) is 30.6 Å². The molecule has 1 N–H and O–H groups in total. The second-order valence-electron chi connectivity index (χ2n) is 5.05. The van der Waals surface area contributed by atoms with Crippen LogP contribution in [0.4, 0.5) is 5.69 Å². The first-order valence-corrected chi connectivity index (χ1v) is 6.91. The molecule has 0 radical (unpaired) electrons. The molecule has 102 valence electrons. The molecule has 0 bridgehead atoms. The standard InChI is InChI=1S/C15H14ClN3O/c1-9-6-13(14(16)18-7-9)19-15(20)11-4-5-12(17-8-11)10-2-3-10/h4-8,10H,2-3H2,1H3,(H,19,20). The monoisotopic (exact) mass is 287 g/mol. The molecule has 20 heavy (non-hydrogen) atoms. The smallest absolute Gasteiger partial charge is 0.257 e. The van der Waals surface area contributed by atoms with Crippen molar-refractivity contribution in [3.8, 4) is 0 Å². The van der Waals surface area contributed by atoms with Gasteiger partial charge in [-0.2, -0.15) is 0 Å². The summed E-state index contributed by atoms with van der Waals surface area (Å²) in [6, 6.07) is 5.51. The van der Waals surface area contributed by atoms with Gasteiger partial charge in [-0.05, 0) is 43.5 Å². The van der Waals surface area contributed by atoms with E-state index in [0.29, 0.717) is 17.2 Å². The first kappa shape index (κ1) is 13.1. The number of pyridine rings is 2. The van der Waals surface area contributed by atoms with Gasteiger partial charge in [-0.1, -0.05) is 11.6 Å². The third kappa shape index (κ3) is 2.80. The van der Waals surface area contributed by atoms with Crippen LogP contribution in [0.2, 0.25) is 5.15 Å². The first-order chi connectivity index (χ1) is 9.63. The molecule has 5 heteroatoms. The summed E-state index contributed by atoms with van der Waals surface area (Å²) in [5.74, 6) is 0.358. The van der Waals surface area contributed by atoms with Crippen LogP contribution >= 0.6 is 11.6 Å². The molecule has 2 aromatic rings. The summed E-state index contributed by atoms with van der Waals surface area (Å²) in [7, 11) is 0. The van der Waals surface area contributed by atoms with Gasteiger partial charge in [0, 0.05) is 24.0 Å². The van der Waals surface area contributed by atoms with Crippen molar-refractivity contribution in [2.45, 2.75) is 25.7 Å². The fraction of sp³-hybridized carbons (Fsp3) is 0.267. The van der Waals surface area contributed by atoms with Gasteiger partial charge in [0.25, 0.3) is 5.91 Å². The lowest BCUT2D eigenvalue weighted by molar-refractivity contribution is 0.102. The number of carbonyl (C=O) groups is 1. The number of nitrogens with one attached hydrogen (secondary N) is 1. The average Bonchev–Trinajstić information content (AvgIpc) is 3.27. The largest absolute Gasteiger partial charge is 0.319 e. The van der Waals surface area contributed by atoms with Gasteiger partial charge in [0.05, 0.1) is 11.3 Å². The summed E-state index contributed by atoms with van der Waals surface area (Å²) < 4.78 is 0. The van der Waals surface area contributed by atoms with Gasteiger partial charge in [0.15, 0.2) is 5.15 Å². The first-order valence-electron chi connectivity index (χ1n) is 6.53. The number of aryl methyl sites for hydroxylation is 1. The van der Waals surface area contributed by atoms with Gasteiger partial charge in [-0.25, -0.2) is 4.98 Å². The third-order valence-corrected chi connectivity index (χ3v) is 3.57. The molecule has 0 aromatic carbocycles. The molecule has 1 amide bonds. The van der Waals surface area contributed by atoms with Crippen LogP contribution in [0.1, 0.15) is 40.4 Å². The van der Waals surface area contributed by atoms with Crippen molar-refractivity contribution in [1.29, 1.82) is 0 Å². The van der Waals surface area contributed by atoms with Crippen LogP contribution in [-0.4, -0.2) is 15.9 Å². The van der Waals surface area contributed by atoms with Crippen molar-refractivity contribution in [3.63, 3.8) is 0 Å². The highest BCUT2D eigenvalue weighted by atomic mass is 35.5. The molecule has 0 spiro atoms. The minimum absolute atomic E-state index is 0.228. The quantitative estimate of drug-likeness (QED) is 0.878. The minimum Gasteiger partial charge on any atom is -0.319 e. The summed E-state index contributed by atoms with van der Waals surface area (Å²) in [6.07, 6.45) is 5.66. The lowest BCUT2D eigenvalue weighted by Gasteiger charge is -2.07. The lowest BCUT2D eigenvalue weighted by Crippen LogP contribution is -2.13. The Balaban J connectivity index is 1.76. The number of aromatic nitrogens is 2. The highest BCUT2D eigenvalue weighted by molar-refractivity contribution is 6.32. The number of amides is 1. The van der Waals surface area contributed by atoms with Gasteiger partial charge in [-0.15, -0.1) is 0 Å². The maximum absolute atomic E-state index is 12.1. The Labute approximate surface area is 122 Å². The molecule has 3 rings (SSSR count). The Bertz CT molecular complexity index is 651. The fourth-order valence-corrected chi connectivity index (χ4v) is 2.15. The lowest BCUT2D eigenvalue weighted by atomic mass is 10.2. The van der Waals surface area contributed by atoms with Crippen LogP contribution in [0.3, 0.4) is 0 Å². The average molecular weight is 288 g/mol. The van der Waals surface area contributed by atoms with Crippen molar-refractivity contribution in [2.24, 2.45) is 0 Å². The van der Waals surface area contributed by atoms with E-state index in [1.807, 2.05) is 13.0 Å². The van der Waals surface area contributed by atoms with E-state index in [0.717, 1.165) is 11.3 Å². The summed E-state index contributed by atoms with van der Waals surface area (Å²) >= 11 is 5.96. The molecule has 4 nitrogen and oxygen atoms in total. The van der Waals surface area contributed by atoms with E-state index in [1.165, 1.54) is 12.8 Å². The fourth-order valence-electron chi connectivity index (χ4n) is 1.99. The number of hydrogen-bond donors (Lipinski definition) is 1. The maximum atomic E-state index is 12.1. The van der Waals surface area contributed by atoms with Gasteiger partial charge >= 0.3 is 0 Å². The number of carbonyl (C=O) groups excluding carboxylic acids is 1. The number of anilines is 1. The molecule has 0 aliphatic heterocycles. The van der Waals surface area contributed by atoms with Crippen molar-refractivity contribution in [2.75, 3.05) is 5.32 Å². The molecule has 1 fully saturated rings. The molecule has 1 aliphatic rings. The van der Waals surface area contributed by atoms with Crippen LogP contribution in [-0.2, 0) is 0 Å². The summed E-state index contributed by atoms with van der Waals surface area (Å²) in [5.41, 5.74) is 3.04. The molecule has 0 atom stereocenters. The second kappa shape index (κ2) is 5.21. The molecule has 0 saturated heterocycles. The zero-order valence-electron chi connectivity index (χ0n) is 11.1. The number of hydrogen-bond acceptors (Lipinski definition) is 3. The van der Waals surface area contributed by atoms with E-state index in [2.05, 4.69) is 15.3 Å². The van der Waals surface area contributed by atoms with Gasteiger partial charge in [-0.3, -0.25) is 9.78 Å². The van der Waals surface area contributed by atoms with Crippen LogP contribution < -0.4 is 5.32 Å². The van der Waals surface area contributed by atoms with E-state index in [1.54, 1.807) is 24.5 Å². The highest BCUT2D eigenvalue weighted by Crippen LogP contribution is 2.38. The zero-order valence-corrected chi connectivity index (χ0v) is 11.8. The van der Waals surface area contributed by atoms with Crippen LogP contribution in [0.25, 0.3) is 0 Å². The maximum Gasteiger partial charge on any atom is 0.257 e. The van der Waals surface area contributed by atoms with Crippen molar-refractivity contribution in [1.82, 2.24) is 9.97 Å². The summed E-state index contributed by atoms with van der Waals surface area (Å²) in [4.78, 5) is 20.5. The van der Waals surface area contributed by atoms with E-state index in [4.69, 9.17) is 11.6 Å². The molecule has 2 heterocycles. The van der Waals surface area contributed by atoms with Crippen LogP contribution in [0.5, 0.6) is 0 Å². The van der Waals surface area contributed by atoms with E-state index < -0.39 is 0 Å². The van der Waals surface area contributed by atoms with Crippen molar-refractivity contribution < 1.29 is 4.79 Å². The highest BCUT2D eigenvalue weighted by Gasteiger charge is 2.24. The number of halogens is 1. The van der Waals surface area contributed by atoms with Gasteiger partial charge < -0.3 is 5.32 Å². The van der Waals surface area contributed by atoms with Crippen molar-refractivity contribution in [3.05, 3.63) is 52.6 Å². The topological polar surface area (TPSA) is 54.9 Å². The minimum atomic E-state index is -0.228. The summed E-state index contributed by atoms with van der Waals surface area (Å²) in [6.45, 7) is 1.89.